The van der Waals surface area contributed by atoms with E-state index < -0.39 is 0 Å². The summed E-state index contributed by atoms with van der Waals surface area (Å²) in [4.78, 5) is 8.46. The molecule has 0 amide bonds. The Hall–Kier alpha value is -1.89. The minimum Gasteiger partial charge on any atom is -0.353 e. The van der Waals surface area contributed by atoms with Crippen LogP contribution in [0, 0.1) is 0 Å². The Bertz CT molecular complexity index is 675. The second-order valence-corrected chi connectivity index (χ2v) is 5.35. The van der Waals surface area contributed by atoms with Gasteiger partial charge in [-0.2, -0.15) is 4.98 Å². The van der Waals surface area contributed by atoms with Crippen molar-refractivity contribution in [2.75, 3.05) is 11.9 Å². The first kappa shape index (κ1) is 13.1. The molecule has 0 unspecified atom stereocenters. The summed E-state index contributed by atoms with van der Waals surface area (Å²) in [6.45, 7) is 1.86. The first-order valence-corrected chi connectivity index (χ1v) is 7.33. The molecule has 7 heteroatoms. The second-order valence-electron chi connectivity index (χ2n) is 4.49. The zero-order valence-electron chi connectivity index (χ0n) is 10.9. The van der Waals surface area contributed by atoms with E-state index in [1.807, 2.05) is 30.9 Å². The van der Waals surface area contributed by atoms with E-state index in [1.165, 1.54) is 0 Å². The van der Waals surface area contributed by atoms with Gasteiger partial charge in [0.25, 0.3) is 0 Å². The van der Waals surface area contributed by atoms with Gasteiger partial charge in [0.1, 0.15) is 0 Å². The van der Waals surface area contributed by atoms with Gasteiger partial charge < -0.3 is 9.88 Å². The zero-order valence-corrected chi connectivity index (χ0v) is 12.5. The number of aromatic nitrogens is 5. The van der Waals surface area contributed by atoms with Crippen LogP contribution in [0.2, 0.25) is 0 Å². The third kappa shape index (κ3) is 2.98. The van der Waals surface area contributed by atoms with E-state index >= 15 is 0 Å². The molecule has 0 radical (unpaired) electrons. The Morgan fingerprint density at radius 2 is 2.20 bits per heavy atom. The van der Waals surface area contributed by atoms with Crippen LogP contribution in [0.15, 0.2) is 41.5 Å². The van der Waals surface area contributed by atoms with Crippen LogP contribution in [0.25, 0.3) is 5.65 Å². The lowest BCUT2D eigenvalue weighted by atomic mass is 10.3. The molecule has 0 fully saturated rings. The van der Waals surface area contributed by atoms with Gasteiger partial charge in [0.15, 0.2) is 5.65 Å². The number of aryl methyl sites for hydroxylation is 1. The Morgan fingerprint density at radius 3 is 3.00 bits per heavy atom. The molecule has 0 aliphatic rings. The van der Waals surface area contributed by atoms with Gasteiger partial charge in [-0.05, 0) is 40.9 Å². The Labute approximate surface area is 125 Å². The molecule has 0 aromatic carbocycles. The average molecular weight is 335 g/mol. The fourth-order valence-electron chi connectivity index (χ4n) is 1.99. The van der Waals surface area contributed by atoms with Crippen LogP contribution in [-0.4, -0.2) is 30.7 Å². The largest absolute Gasteiger partial charge is 0.353 e. The summed E-state index contributed by atoms with van der Waals surface area (Å²) in [7, 11) is 0. The van der Waals surface area contributed by atoms with Crippen LogP contribution in [0.4, 0.5) is 5.95 Å². The van der Waals surface area contributed by atoms with Gasteiger partial charge in [-0.1, -0.05) is 0 Å². The van der Waals surface area contributed by atoms with Crippen LogP contribution in [0.3, 0.4) is 0 Å². The number of hydrogen-bond acceptors (Lipinski definition) is 4. The molecule has 0 spiro atoms. The predicted octanol–water partition coefficient (Wildman–Crippen LogP) is 2.58. The maximum atomic E-state index is 4.44. The van der Waals surface area contributed by atoms with Gasteiger partial charge in [0.05, 0.1) is 10.8 Å². The fraction of sp³-hybridized carbons (Fsp3) is 0.308. The third-order valence-corrected chi connectivity index (χ3v) is 3.62. The number of unbranched alkanes of at least 4 members (excludes halogenated alkanes) is 1. The minimum absolute atomic E-state index is 0.666. The Kier molecular flexibility index (Phi) is 3.96. The van der Waals surface area contributed by atoms with Crippen molar-refractivity contribution >= 4 is 27.5 Å². The summed E-state index contributed by atoms with van der Waals surface area (Å²) in [5.74, 6) is 0.666. The number of anilines is 1. The van der Waals surface area contributed by atoms with E-state index in [2.05, 4.69) is 40.9 Å². The number of fused-ring (bicyclic) bond motifs is 1. The lowest BCUT2D eigenvalue weighted by Gasteiger charge is -2.02. The van der Waals surface area contributed by atoms with Crippen LogP contribution >= 0.6 is 15.9 Å². The molecule has 20 heavy (non-hydrogen) atoms. The summed E-state index contributed by atoms with van der Waals surface area (Å²) in [5.41, 5.74) is 0.827. The summed E-state index contributed by atoms with van der Waals surface area (Å²) >= 11 is 3.47. The topological polar surface area (TPSA) is 60.0 Å². The number of imidazole rings is 1. The Morgan fingerprint density at radius 1 is 1.25 bits per heavy atom. The molecule has 0 saturated carbocycles. The first-order chi connectivity index (χ1) is 9.83. The van der Waals surface area contributed by atoms with Crippen LogP contribution in [0.1, 0.15) is 12.8 Å². The van der Waals surface area contributed by atoms with Crippen molar-refractivity contribution < 1.29 is 0 Å². The molecule has 6 nitrogen and oxygen atoms in total. The molecule has 0 saturated heterocycles. The lowest BCUT2D eigenvalue weighted by Crippen LogP contribution is -2.05. The molecule has 3 aromatic heterocycles. The third-order valence-electron chi connectivity index (χ3n) is 3.00. The summed E-state index contributed by atoms with van der Waals surface area (Å²) in [5, 5.41) is 7.62. The summed E-state index contributed by atoms with van der Waals surface area (Å²) < 4.78 is 4.79. The number of rotatable bonds is 6. The van der Waals surface area contributed by atoms with Gasteiger partial charge in [-0.3, -0.25) is 0 Å². The van der Waals surface area contributed by atoms with Crippen molar-refractivity contribution in [3.05, 3.63) is 41.5 Å². The van der Waals surface area contributed by atoms with E-state index in [-0.39, 0.29) is 0 Å². The molecule has 1 N–H and O–H groups in total. The number of halogens is 1. The molecule has 3 rings (SSSR count). The van der Waals surface area contributed by atoms with Gasteiger partial charge >= 0.3 is 0 Å². The first-order valence-electron chi connectivity index (χ1n) is 6.53. The van der Waals surface area contributed by atoms with E-state index in [4.69, 9.17) is 0 Å². The molecule has 0 aliphatic carbocycles. The zero-order chi connectivity index (χ0) is 13.8. The number of pyridine rings is 1. The number of hydrogen-bond donors (Lipinski definition) is 1. The lowest BCUT2D eigenvalue weighted by molar-refractivity contribution is 0.620. The Balaban J connectivity index is 1.49. The van der Waals surface area contributed by atoms with Crippen molar-refractivity contribution in [1.82, 2.24) is 24.1 Å². The molecule has 0 atom stereocenters. The quantitative estimate of drug-likeness (QED) is 0.704. The highest BCUT2D eigenvalue weighted by molar-refractivity contribution is 9.10. The van der Waals surface area contributed by atoms with E-state index in [1.54, 1.807) is 10.7 Å². The maximum Gasteiger partial charge on any atom is 0.243 e. The highest BCUT2D eigenvalue weighted by Gasteiger charge is 2.05. The van der Waals surface area contributed by atoms with E-state index in [0.29, 0.717) is 5.95 Å². The van der Waals surface area contributed by atoms with E-state index in [0.717, 1.165) is 36.1 Å². The number of nitrogens with zero attached hydrogens (tertiary/aromatic N) is 5. The fourth-order valence-corrected chi connectivity index (χ4v) is 2.41. The van der Waals surface area contributed by atoms with Crippen molar-refractivity contribution in [2.24, 2.45) is 0 Å². The predicted molar refractivity (Wildman–Crippen MR) is 80.6 cm³/mol. The SMILES string of the molecule is Brc1cccn2nc(NCCCCn3ccnc3)nc12. The average Bonchev–Trinajstić information content (AvgIpc) is 3.08. The van der Waals surface area contributed by atoms with Gasteiger partial charge in [-0.15, -0.1) is 5.10 Å². The number of nitrogens with one attached hydrogen (secondary N) is 1. The van der Waals surface area contributed by atoms with Crippen molar-refractivity contribution in [3.63, 3.8) is 0 Å². The molecular formula is C13H15BrN6. The molecular weight excluding hydrogens is 320 g/mol. The standard InChI is InChI=1S/C13H15BrN6/c14-11-4-3-8-20-12(11)17-13(18-20)16-5-1-2-7-19-9-6-15-10-19/h3-4,6,8-10H,1-2,5,7H2,(H,16,18). The molecule has 0 aliphatic heterocycles. The molecule has 3 aromatic rings. The van der Waals surface area contributed by atoms with Crippen LogP contribution in [0.5, 0.6) is 0 Å². The highest BCUT2D eigenvalue weighted by atomic mass is 79.9. The summed E-state index contributed by atoms with van der Waals surface area (Å²) in [6.07, 6.45) is 9.67. The summed E-state index contributed by atoms with van der Waals surface area (Å²) in [6, 6.07) is 3.89. The van der Waals surface area contributed by atoms with Crippen LogP contribution in [-0.2, 0) is 6.54 Å². The van der Waals surface area contributed by atoms with Crippen molar-refractivity contribution in [3.8, 4) is 0 Å². The van der Waals surface area contributed by atoms with E-state index in [9.17, 15) is 0 Å². The smallest absolute Gasteiger partial charge is 0.243 e. The van der Waals surface area contributed by atoms with Gasteiger partial charge in [-0.25, -0.2) is 9.50 Å². The second kappa shape index (κ2) is 6.04. The van der Waals surface area contributed by atoms with Gasteiger partial charge in [0.2, 0.25) is 5.95 Å². The molecule has 3 heterocycles. The van der Waals surface area contributed by atoms with Gasteiger partial charge in [0, 0.05) is 31.7 Å². The minimum atomic E-state index is 0.666. The van der Waals surface area contributed by atoms with Crippen LogP contribution < -0.4 is 5.32 Å². The highest BCUT2D eigenvalue weighted by Crippen LogP contribution is 2.16. The van der Waals surface area contributed by atoms with Crippen molar-refractivity contribution in [1.29, 1.82) is 0 Å². The molecule has 104 valence electrons. The normalized spacial score (nSPS) is 11.1. The molecule has 0 bridgehead atoms. The monoisotopic (exact) mass is 334 g/mol. The maximum absolute atomic E-state index is 4.44. The van der Waals surface area contributed by atoms with Crippen molar-refractivity contribution in [2.45, 2.75) is 19.4 Å².